The lowest BCUT2D eigenvalue weighted by molar-refractivity contribution is -0.117. The molecule has 0 spiro atoms. The van der Waals surface area contributed by atoms with E-state index in [1.54, 1.807) is 12.3 Å². The standard InChI is InChI=1S/C12H19N3O/c1-8(2)6-10(13)12(16)15-11-5-4-9(3)7-14-11/h4-5,7-8,10H,6,13H2,1-3H3,(H,14,15,16)/t10-/m1/s1. The second kappa shape index (κ2) is 5.61. The molecule has 16 heavy (non-hydrogen) atoms. The molecule has 0 saturated carbocycles. The number of hydrogen-bond donors (Lipinski definition) is 2. The predicted octanol–water partition coefficient (Wildman–Crippen LogP) is 1.70. The summed E-state index contributed by atoms with van der Waals surface area (Å²) in [4.78, 5) is 15.7. The zero-order valence-electron chi connectivity index (χ0n) is 10.0. The summed E-state index contributed by atoms with van der Waals surface area (Å²) in [6, 6.07) is 3.20. The molecule has 1 amide bonds. The van der Waals surface area contributed by atoms with E-state index in [1.807, 2.05) is 26.8 Å². The van der Waals surface area contributed by atoms with E-state index in [0.717, 1.165) is 5.56 Å². The van der Waals surface area contributed by atoms with Crippen molar-refractivity contribution in [3.05, 3.63) is 23.9 Å². The first-order valence-electron chi connectivity index (χ1n) is 5.48. The molecule has 0 unspecified atom stereocenters. The summed E-state index contributed by atoms with van der Waals surface area (Å²) in [7, 11) is 0. The van der Waals surface area contributed by atoms with Crippen LogP contribution in [0.25, 0.3) is 0 Å². The molecule has 0 aliphatic heterocycles. The van der Waals surface area contributed by atoms with Crippen LogP contribution in [0, 0.1) is 12.8 Å². The van der Waals surface area contributed by atoms with Crippen molar-refractivity contribution in [2.45, 2.75) is 33.2 Å². The van der Waals surface area contributed by atoms with E-state index >= 15 is 0 Å². The molecule has 3 N–H and O–H groups in total. The number of pyridine rings is 1. The molecular formula is C12H19N3O. The normalized spacial score (nSPS) is 12.6. The Morgan fingerprint density at radius 1 is 1.50 bits per heavy atom. The van der Waals surface area contributed by atoms with Gasteiger partial charge in [-0.2, -0.15) is 0 Å². The number of aryl methyl sites for hydroxylation is 1. The molecule has 4 nitrogen and oxygen atoms in total. The molecule has 1 aromatic heterocycles. The van der Waals surface area contributed by atoms with Crippen molar-refractivity contribution in [2.75, 3.05) is 5.32 Å². The molecule has 0 radical (unpaired) electrons. The Hall–Kier alpha value is -1.42. The molecular weight excluding hydrogens is 202 g/mol. The Morgan fingerprint density at radius 3 is 2.69 bits per heavy atom. The fourth-order valence-electron chi connectivity index (χ4n) is 1.38. The maximum Gasteiger partial charge on any atom is 0.242 e. The molecule has 0 aliphatic carbocycles. The molecule has 0 saturated heterocycles. The van der Waals surface area contributed by atoms with Gasteiger partial charge in [-0.15, -0.1) is 0 Å². The summed E-state index contributed by atoms with van der Waals surface area (Å²) < 4.78 is 0. The SMILES string of the molecule is Cc1ccc(NC(=O)[C@H](N)CC(C)C)nc1. The minimum Gasteiger partial charge on any atom is -0.320 e. The number of aromatic nitrogens is 1. The zero-order valence-corrected chi connectivity index (χ0v) is 10.0. The van der Waals surface area contributed by atoms with E-state index in [1.165, 1.54) is 0 Å². The van der Waals surface area contributed by atoms with Crippen LogP contribution in [0.4, 0.5) is 5.82 Å². The highest BCUT2D eigenvalue weighted by atomic mass is 16.2. The average Bonchev–Trinajstić information content (AvgIpc) is 2.20. The van der Waals surface area contributed by atoms with Crippen LogP contribution in [0.15, 0.2) is 18.3 Å². The minimum absolute atomic E-state index is 0.176. The fourth-order valence-corrected chi connectivity index (χ4v) is 1.38. The molecule has 88 valence electrons. The molecule has 1 atom stereocenters. The van der Waals surface area contributed by atoms with E-state index in [4.69, 9.17) is 5.73 Å². The first-order valence-corrected chi connectivity index (χ1v) is 5.48. The van der Waals surface area contributed by atoms with E-state index in [2.05, 4.69) is 10.3 Å². The molecule has 0 fully saturated rings. The number of amides is 1. The smallest absolute Gasteiger partial charge is 0.242 e. The van der Waals surface area contributed by atoms with Crippen molar-refractivity contribution < 1.29 is 4.79 Å². The quantitative estimate of drug-likeness (QED) is 0.813. The summed E-state index contributed by atoms with van der Waals surface area (Å²) >= 11 is 0. The molecule has 0 aliphatic rings. The van der Waals surface area contributed by atoms with Gasteiger partial charge >= 0.3 is 0 Å². The lowest BCUT2D eigenvalue weighted by atomic mass is 10.0. The number of rotatable bonds is 4. The molecule has 0 bridgehead atoms. The number of carbonyl (C=O) groups excluding carboxylic acids is 1. The van der Waals surface area contributed by atoms with Gasteiger partial charge in [0, 0.05) is 6.20 Å². The van der Waals surface area contributed by atoms with Crippen LogP contribution in [0.1, 0.15) is 25.8 Å². The number of nitrogens with two attached hydrogens (primary N) is 1. The van der Waals surface area contributed by atoms with Gasteiger partial charge in [0.2, 0.25) is 5.91 Å². The Labute approximate surface area is 96.3 Å². The van der Waals surface area contributed by atoms with Gasteiger partial charge in [0.15, 0.2) is 0 Å². The van der Waals surface area contributed by atoms with E-state index in [0.29, 0.717) is 18.2 Å². The first kappa shape index (κ1) is 12.6. The first-order chi connectivity index (χ1) is 7.49. The third kappa shape index (κ3) is 3.98. The number of nitrogens with one attached hydrogen (secondary N) is 1. The van der Waals surface area contributed by atoms with Gasteiger partial charge in [0.1, 0.15) is 5.82 Å². The summed E-state index contributed by atoms with van der Waals surface area (Å²) in [6.45, 7) is 6.03. The maximum absolute atomic E-state index is 11.7. The lowest BCUT2D eigenvalue weighted by Gasteiger charge is -2.13. The minimum atomic E-state index is -0.469. The summed E-state index contributed by atoms with van der Waals surface area (Å²) in [5.74, 6) is 0.784. The number of anilines is 1. The van der Waals surface area contributed by atoms with Gasteiger partial charge in [-0.25, -0.2) is 4.98 Å². The van der Waals surface area contributed by atoms with E-state index in [-0.39, 0.29) is 5.91 Å². The van der Waals surface area contributed by atoms with Gasteiger partial charge in [-0.3, -0.25) is 4.79 Å². The van der Waals surface area contributed by atoms with Crippen molar-refractivity contribution in [3.8, 4) is 0 Å². The third-order valence-electron chi connectivity index (χ3n) is 2.22. The topological polar surface area (TPSA) is 68.0 Å². The van der Waals surface area contributed by atoms with Crippen LogP contribution in [0.5, 0.6) is 0 Å². The van der Waals surface area contributed by atoms with Crippen molar-refractivity contribution >= 4 is 11.7 Å². The second-order valence-electron chi connectivity index (χ2n) is 4.45. The summed E-state index contributed by atoms with van der Waals surface area (Å²) in [5, 5.41) is 2.70. The fraction of sp³-hybridized carbons (Fsp3) is 0.500. The Bertz CT molecular complexity index is 346. The zero-order chi connectivity index (χ0) is 12.1. The Balaban J connectivity index is 2.54. The predicted molar refractivity (Wildman–Crippen MR) is 65.0 cm³/mol. The van der Waals surface area contributed by atoms with Crippen molar-refractivity contribution in [1.29, 1.82) is 0 Å². The van der Waals surface area contributed by atoms with Crippen LogP contribution in [0.2, 0.25) is 0 Å². The van der Waals surface area contributed by atoms with Gasteiger partial charge < -0.3 is 11.1 Å². The maximum atomic E-state index is 11.7. The highest BCUT2D eigenvalue weighted by Crippen LogP contribution is 2.07. The average molecular weight is 221 g/mol. The Morgan fingerprint density at radius 2 is 2.19 bits per heavy atom. The number of carbonyl (C=O) groups is 1. The Kier molecular flexibility index (Phi) is 4.43. The van der Waals surface area contributed by atoms with Gasteiger partial charge in [-0.05, 0) is 30.9 Å². The molecule has 0 aromatic carbocycles. The molecule has 4 heteroatoms. The summed E-state index contributed by atoms with van der Waals surface area (Å²) in [5.41, 5.74) is 6.82. The summed E-state index contributed by atoms with van der Waals surface area (Å²) in [6.07, 6.45) is 2.39. The number of hydrogen-bond acceptors (Lipinski definition) is 3. The van der Waals surface area contributed by atoms with Crippen molar-refractivity contribution in [1.82, 2.24) is 4.98 Å². The van der Waals surface area contributed by atoms with E-state index in [9.17, 15) is 4.79 Å². The third-order valence-corrected chi connectivity index (χ3v) is 2.22. The van der Waals surface area contributed by atoms with Crippen LogP contribution in [0.3, 0.4) is 0 Å². The van der Waals surface area contributed by atoms with Gasteiger partial charge in [0.25, 0.3) is 0 Å². The van der Waals surface area contributed by atoms with Crippen LogP contribution >= 0.6 is 0 Å². The van der Waals surface area contributed by atoms with Crippen LogP contribution < -0.4 is 11.1 Å². The van der Waals surface area contributed by atoms with Crippen LogP contribution in [-0.4, -0.2) is 16.9 Å². The largest absolute Gasteiger partial charge is 0.320 e. The van der Waals surface area contributed by atoms with Gasteiger partial charge in [0.05, 0.1) is 6.04 Å². The van der Waals surface area contributed by atoms with Crippen molar-refractivity contribution in [2.24, 2.45) is 11.7 Å². The number of nitrogens with zero attached hydrogens (tertiary/aromatic N) is 1. The lowest BCUT2D eigenvalue weighted by Crippen LogP contribution is -2.36. The van der Waals surface area contributed by atoms with E-state index < -0.39 is 6.04 Å². The monoisotopic (exact) mass is 221 g/mol. The highest BCUT2D eigenvalue weighted by Gasteiger charge is 2.15. The van der Waals surface area contributed by atoms with Gasteiger partial charge in [-0.1, -0.05) is 19.9 Å². The highest BCUT2D eigenvalue weighted by molar-refractivity contribution is 5.93. The van der Waals surface area contributed by atoms with Crippen LogP contribution in [-0.2, 0) is 4.79 Å². The molecule has 1 rings (SSSR count). The molecule has 1 heterocycles. The van der Waals surface area contributed by atoms with Crippen molar-refractivity contribution in [3.63, 3.8) is 0 Å². The molecule has 1 aromatic rings. The second-order valence-corrected chi connectivity index (χ2v) is 4.45.